The summed E-state index contributed by atoms with van der Waals surface area (Å²) in [4.78, 5) is 37.6. The summed E-state index contributed by atoms with van der Waals surface area (Å²) in [6, 6.07) is 8.81. The monoisotopic (exact) mass is 569 g/mol. The Balaban J connectivity index is 1.43. The molecule has 10 nitrogen and oxygen atoms in total. The van der Waals surface area contributed by atoms with Gasteiger partial charge in [-0.2, -0.15) is 0 Å². The quantitative estimate of drug-likeness (QED) is 0.323. The Labute approximate surface area is 231 Å². The molecule has 214 valence electrons. The lowest BCUT2D eigenvalue weighted by Gasteiger charge is -2.44. The molecule has 0 radical (unpaired) electrons. The molecule has 2 aliphatic heterocycles. The van der Waals surface area contributed by atoms with Gasteiger partial charge in [0.15, 0.2) is 28.4 Å². The van der Waals surface area contributed by atoms with Crippen LogP contribution >= 0.6 is 0 Å². The van der Waals surface area contributed by atoms with E-state index < -0.39 is 29.0 Å². The highest BCUT2D eigenvalue weighted by Gasteiger charge is 2.45. The fourth-order valence-corrected chi connectivity index (χ4v) is 5.79. The zero-order valence-electron chi connectivity index (χ0n) is 22.4. The van der Waals surface area contributed by atoms with Gasteiger partial charge in [-0.1, -0.05) is 6.07 Å². The molecule has 0 N–H and O–H groups in total. The number of ketones is 1. The highest BCUT2D eigenvalue weighted by Crippen LogP contribution is 2.51. The van der Waals surface area contributed by atoms with Gasteiger partial charge in [0.1, 0.15) is 6.61 Å². The van der Waals surface area contributed by atoms with E-state index in [9.17, 15) is 27.6 Å². The highest BCUT2D eigenvalue weighted by molar-refractivity contribution is 5.94. The van der Waals surface area contributed by atoms with E-state index >= 15 is 0 Å². The van der Waals surface area contributed by atoms with E-state index in [-0.39, 0.29) is 36.0 Å². The summed E-state index contributed by atoms with van der Waals surface area (Å²) in [5.41, 5.74) is 0.493. The number of fused-ring (bicyclic) bond motifs is 7. The van der Waals surface area contributed by atoms with Crippen LogP contribution in [0.1, 0.15) is 55.6 Å². The van der Waals surface area contributed by atoms with Crippen molar-refractivity contribution in [3.63, 3.8) is 0 Å². The zero-order valence-corrected chi connectivity index (χ0v) is 22.4. The van der Waals surface area contributed by atoms with Crippen molar-refractivity contribution in [2.24, 2.45) is 0 Å². The molecule has 0 saturated carbocycles. The van der Waals surface area contributed by atoms with Gasteiger partial charge in [0, 0.05) is 24.0 Å². The number of carbonyl (C=O) groups excluding carboxylic acids is 1. The van der Waals surface area contributed by atoms with Crippen molar-refractivity contribution in [3.8, 4) is 22.8 Å². The minimum absolute atomic E-state index is 0.00689. The largest absolute Gasteiger partial charge is 0.573 e. The number of Topliss-reactive ketones (excluding diaryl/α,β-unsaturated/α-hetero) is 1. The molecule has 0 spiro atoms. The predicted molar refractivity (Wildman–Crippen MR) is 142 cm³/mol. The van der Waals surface area contributed by atoms with Crippen LogP contribution in [0.4, 0.5) is 13.2 Å². The number of benzene rings is 1. The number of ether oxygens (including phenoxy) is 2. The van der Waals surface area contributed by atoms with Gasteiger partial charge in [0.2, 0.25) is 0 Å². The second kappa shape index (κ2) is 9.25. The first kappa shape index (κ1) is 26.7. The van der Waals surface area contributed by atoms with Gasteiger partial charge >= 0.3 is 12.1 Å². The lowest BCUT2D eigenvalue weighted by molar-refractivity contribution is -0.275. The second-order valence-corrected chi connectivity index (χ2v) is 10.8. The molecule has 4 aromatic rings. The maximum Gasteiger partial charge on any atom is 0.573 e. The third-order valence-electron chi connectivity index (χ3n) is 7.61. The molecule has 41 heavy (non-hydrogen) atoms. The Morgan fingerprint density at radius 1 is 1.15 bits per heavy atom. The molecular formula is C28H26F3N5O5. The number of hydrogen-bond donors (Lipinski definition) is 0. The molecule has 2 aliphatic rings. The van der Waals surface area contributed by atoms with E-state index in [1.807, 2.05) is 18.9 Å². The van der Waals surface area contributed by atoms with E-state index in [1.165, 1.54) is 40.4 Å². The maximum atomic E-state index is 13.5. The van der Waals surface area contributed by atoms with Crippen LogP contribution in [0.25, 0.3) is 16.9 Å². The van der Waals surface area contributed by atoms with E-state index in [0.717, 1.165) is 6.42 Å². The second-order valence-electron chi connectivity index (χ2n) is 10.8. The first-order chi connectivity index (χ1) is 19.3. The fourth-order valence-electron chi connectivity index (χ4n) is 5.79. The van der Waals surface area contributed by atoms with E-state index in [1.54, 1.807) is 29.1 Å². The molecule has 1 aromatic carbocycles. The molecule has 3 aromatic heterocycles. The molecule has 1 saturated heterocycles. The lowest BCUT2D eigenvalue weighted by atomic mass is 9.93. The van der Waals surface area contributed by atoms with Crippen molar-refractivity contribution >= 4 is 11.4 Å². The van der Waals surface area contributed by atoms with Gasteiger partial charge in [0.25, 0.3) is 0 Å². The number of carbonyl (C=O) groups is 1. The number of pyridine rings is 2. The van der Waals surface area contributed by atoms with Gasteiger partial charge in [0.05, 0.1) is 29.4 Å². The Morgan fingerprint density at radius 2 is 1.93 bits per heavy atom. The van der Waals surface area contributed by atoms with Gasteiger partial charge in [-0.3, -0.25) is 23.7 Å². The van der Waals surface area contributed by atoms with E-state index in [4.69, 9.17) is 4.74 Å². The normalized spacial score (nSPS) is 17.2. The topological polar surface area (TPSA) is 100 Å². The molecule has 0 aliphatic carbocycles. The number of alkyl halides is 3. The van der Waals surface area contributed by atoms with Gasteiger partial charge in [-0.15, -0.1) is 18.3 Å². The van der Waals surface area contributed by atoms with Crippen LogP contribution in [-0.2, 0) is 6.54 Å². The summed E-state index contributed by atoms with van der Waals surface area (Å²) in [6.45, 7) is 5.18. The standard InChI is InChI=1S/C28H26F3N5O5/c1-16(37)19-15-35-21(14-22(19)38)18-13-24(41-28(29,30)31)23(12-17(18)20-7-8-27(2,3)36(20)35)40-11-10-34-26(39)33-9-5-4-6-25(33)32-34/h4-6,9,12-15,20H,7-8,10-11H2,1-3H3/t20-/m1/s1. The van der Waals surface area contributed by atoms with Gasteiger partial charge in [-0.05, 0) is 63.4 Å². The first-order valence-electron chi connectivity index (χ1n) is 13.0. The summed E-state index contributed by atoms with van der Waals surface area (Å²) in [5, 5.41) is 6.26. The summed E-state index contributed by atoms with van der Waals surface area (Å²) >= 11 is 0. The molecule has 0 amide bonds. The minimum Gasteiger partial charge on any atom is -0.488 e. The molecule has 1 atom stereocenters. The zero-order chi connectivity index (χ0) is 29.3. The van der Waals surface area contributed by atoms with Crippen LogP contribution in [-0.4, -0.2) is 43.1 Å². The van der Waals surface area contributed by atoms with Gasteiger partial charge in [-0.25, -0.2) is 9.48 Å². The van der Waals surface area contributed by atoms with Crippen LogP contribution in [0.5, 0.6) is 11.5 Å². The number of rotatable bonds is 6. The lowest BCUT2D eigenvalue weighted by Crippen LogP contribution is -2.50. The third-order valence-corrected chi connectivity index (χ3v) is 7.61. The molecule has 6 rings (SSSR count). The Morgan fingerprint density at radius 3 is 2.63 bits per heavy atom. The van der Waals surface area contributed by atoms with Crippen LogP contribution in [0, 0.1) is 0 Å². The molecule has 5 heterocycles. The van der Waals surface area contributed by atoms with Crippen molar-refractivity contribution in [1.29, 1.82) is 0 Å². The van der Waals surface area contributed by atoms with Crippen molar-refractivity contribution in [2.45, 2.75) is 58.1 Å². The third kappa shape index (κ3) is 4.54. The summed E-state index contributed by atoms with van der Waals surface area (Å²) in [7, 11) is 0. The number of hydrogen-bond acceptors (Lipinski definition) is 7. The van der Waals surface area contributed by atoms with Crippen molar-refractivity contribution in [2.75, 3.05) is 11.6 Å². The first-order valence-corrected chi connectivity index (χ1v) is 13.0. The molecule has 13 heteroatoms. The molecular weight excluding hydrogens is 543 g/mol. The highest BCUT2D eigenvalue weighted by atomic mass is 19.4. The smallest absolute Gasteiger partial charge is 0.488 e. The summed E-state index contributed by atoms with van der Waals surface area (Å²) in [6.07, 6.45) is -0.552. The van der Waals surface area contributed by atoms with E-state index in [2.05, 4.69) is 9.84 Å². The predicted octanol–water partition coefficient (Wildman–Crippen LogP) is 4.07. The van der Waals surface area contributed by atoms with E-state index in [0.29, 0.717) is 28.9 Å². The summed E-state index contributed by atoms with van der Waals surface area (Å²) < 4.78 is 54.9. The summed E-state index contributed by atoms with van der Waals surface area (Å²) in [5.74, 6) is -1.14. The van der Waals surface area contributed by atoms with Crippen LogP contribution in [0.15, 0.2) is 58.4 Å². The molecule has 1 fully saturated rings. The Bertz CT molecular complexity index is 1820. The van der Waals surface area contributed by atoms with Crippen LogP contribution < -0.4 is 25.6 Å². The van der Waals surface area contributed by atoms with Crippen LogP contribution in [0.2, 0.25) is 0 Å². The molecule has 0 bridgehead atoms. The average Bonchev–Trinajstić information content (AvgIpc) is 3.39. The number of nitrogens with zero attached hydrogens (tertiary/aromatic N) is 5. The molecule has 0 unspecified atom stereocenters. The minimum atomic E-state index is -5.01. The number of aromatic nitrogens is 4. The maximum absolute atomic E-state index is 13.5. The van der Waals surface area contributed by atoms with Crippen molar-refractivity contribution < 1.29 is 27.4 Å². The SMILES string of the molecule is CC(=O)c1cn2c(cc1=O)-c1cc(OC(F)(F)F)c(OCCn3nc4ccccn4c3=O)cc1[C@H]1CCC(C)(C)N12. The number of halogens is 3. The van der Waals surface area contributed by atoms with Crippen molar-refractivity contribution in [3.05, 3.63) is 80.6 Å². The Hall–Kier alpha value is -4.55. The van der Waals surface area contributed by atoms with Crippen LogP contribution in [0.3, 0.4) is 0 Å². The fraction of sp³-hybridized carbons (Fsp3) is 0.357. The van der Waals surface area contributed by atoms with Crippen molar-refractivity contribution in [1.82, 2.24) is 18.9 Å². The van der Waals surface area contributed by atoms with Gasteiger partial charge < -0.3 is 9.47 Å². The average molecular weight is 570 g/mol. The Kier molecular flexibility index (Phi) is 6.01.